The van der Waals surface area contributed by atoms with Crippen molar-refractivity contribution in [2.24, 2.45) is 0 Å². The highest BCUT2D eigenvalue weighted by Crippen LogP contribution is 2.39. The fraction of sp³-hybridized carbons (Fsp3) is 0.682. The maximum absolute atomic E-state index is 14.8. The molecule has 8 nitrogen and oxygen atoms in total. The summed E-state index contributed by atoms with van der Waals surface area (Å²) in [4.78, 5) is 28.4. The van der Waals surface area contributed by atoms with Gasteiger partial charge in [-0.25, -0.2) is 0 Å². The fourth-order valence-electron chi connectivity index (χ4n) is 8.39. The fourth-order valence-corrected chi connectivity index (χ4v) is 8.39. The Morgan fingerprint density at radius 1 is 0.538 bits per heavy atom. The zero-order chi connectivity index (χ0) is 38.7. The Hall–Kier alpha value is -2.78. The number of anilines is 2. The highest BCUT2D eigenvalue weighted by atomic mass is 16.6. The SMILES string of the molecule is CC(C)c1cc(C(C)C)c(NC(=O)[C@@H]2CCCC[N+]2([O-])CC[N+]2([O-])CCCC[C@H]2C(=O)Nc2c(C(C)C)cc(C(C)C)cc2C(C)C)c(C(C)C)c1. The summed E-state index contributed by atoms with van der Waals surface area (Å²) in [6.07, 6.45) is 4.01. The number of benzene rings is 2. The van der Waals surface area contributed by atoms with E-state index in [0.717, 1.165) is 59.3 Å². The lowest BCUT2D eigenvalue weighted by atomic mass is 9.87. The molecule has 2 aromatic carbocycles. The predicted molar refractivity (Wildman–Crippen MR) is 217 cm³/mol. The van der Waals surface area contributed by atoms with Gasteiger partial charge in [0, 0.05) is 24.2 Å². The largest absolute Gasteiger partial charge is 0.632 e. The molecule has 2 heterocycles. The molecule has 4 atom stereocenters. The van der Waals surface area contributed by atoms with Gasteiger partial charge in [-0.05, 0) is 94.6 Å². The molecular formula is C44H70N4O4. The molecule has 2 aliphatic heterocycles. The zero-order valence-electron chi connectivity index (χ0n) is 34.5. The first-order valence-corrected chi connectivity index (χ1v) is 20.4. The molecule has 8 heteroatoms. The number of nitrogens with zero attached hydrogens (tertiary/aromatic N) is 2. The van der Waals surface area contributed by atoms with Crippen LogP contribution in [0.3, 0.4) is 0 Å². The van der Waals surface area contributed by atoms with Crippen LogP contribution in [-0.2, 0) is 9.59 Å². The van der Waals surface area contributed by atoms with Crippen LogP contribution < -0.4 is 10.6 Å². The van der Waals surface area contributed by atoms with Crippen molar-refractivity contribution >= 4 is 23.2 Å². The van der Waals surface area contributed by atoms with Crippen molar-refractivity contribution < 1.29 is 18.9 Å². The van der Waals surface area contributed by atoms with Crippen LogP contribution in [0.1, 0.15) is 190 Å². The number of rotatable bonds is 13. The summed E-state index contributed by atoms with van der Waals surface area (Å²) in [6, 6.07) is 7.22. The van der Waals surface area contributed by atoms with Gasteiger partial charge in [-0.15, -0.1) is 0 Å². The minimum absolute atomic E-state index is 0.0172. The molecule has 2 unspecified atom stereocenters. The van der Waals surface area contributed by atoms with Gasteiger partial charge in [0.05, 0.1) is 13.1 Å². The second kappa shape index (κ2) is 17.1. The number of amides is 2. The van der Waals surface area contributed by atoms with Crippen LogP contribution in [0.4, 0.5) is 11.4 Å². The van der Waals surface area contributed by atoms with Crippen molar-refractivity contribution in [3.63, 3.8) is 0 Å². The van der Waals surface area contributed by atoms with E-state index in [1.165, 1.54) is 11.1 Å². The molecule has 2 aromatic rings. The lowest BCUT2D eigenvalue weighted by molar-refractivity contribution is -0.955. The van der Waals surface area contributed by atoms with Gasteiger partial charge in [0.15, 0.2) is 12.1 Å². The van der Waals surface area contributed by atoms with E-state index in [0.29, 0.717) is 37.8 Å². The maximum atomic E-state index is 14.8. The van der Waals surface area contributed by atoms with Crippen LogP contribution >= 0.6 is 0 Å². The Morgan fingerprint density at radius 2 is 0.827 bits per heavy atom. The second-order valence-electron chi connectivity index (χ2n) is 17.9. The molecule has 0 saturated carbocycles. The van der Waals surface area contributed by atoms with Gasteiger partial charge in [0.25, 0.3) is 11.8 Å². The van der Waals surface area contributed by atoms with E-state index in [2.05, 4.69) is 118 Å². The summed E-state index contributed by atoms with van der Waals surface area (Å²) in [6.45, 7) is 26.5. The third-order valence-electron chi connectivity index (χ3n) is 11.9. The van der Waals surface area contributed by atoms with Gasteiger partial charge in [-0.3, -0.25) is 9.59 Å². The van der Waals surface area contributed by atoms with E-state index in [-0.39, 0.29) is 48.6 Å². The Bertz CT molecular complexity index is 1390. The quantitative estimate of drug-likeness (QED) is 0.159. The van der Waals surface area contributed by atoms with Gasteiger partial charge in [0.1, 0.15) is 13.1 Å². The van der Waals surface area contributed by atoms with E-state index in [4.69, 9.17) is 0 Å². The second-order valence-corrected chi connectivity index (χ2v) is 17.9. The average molecular weight is 719 g/mol. The minimum Gasteiger partial charge on any atom is -0.632 e. The molecule has 2 amide bonds. The van der Waals surface area contributed by atoms with Crippen LogP contribution in [0.15, 0.2) is 24.3 Å². The molecule has 0 bridgehead atoms. The molecular weight excluding hydrogens is 649 g/mol. The van der Waals surface area contributed by atoms with E-state index in [9.17, 15) is 20.0 Å². The Kier molecular flexibility index (Phi) is 13.8. The Balaban J connectivity index is 1.60. The van der Waals surface area contributed by atoms with Gasteiger partial charge in [-0.1, -0.05) is 107 Å². The molecule has 2 fully saturated rings. The summed E-state index contributed by atoms with van der Waals surface area (Å²) in [5.41, 5.74) is 8.52. The first kappa shape index (κ1) is 42.0. The summed E-state index contributed by atoms with van der Waals surface area (Å²) >= 11 is 0. The summed E-state index contributed by atoms with van der Waals surface area (Å²) in [7, 11) is 0. The maximum Gasteiger partial charge on any atom is 0.283 e. The van der Waals surface area contributed by atoms with E-state index in [1.54, 1.807) is 0 Å². The minimum atomic E-state index is -0.802. The number of hydrogen-bond acceptors (Lipinski definition) is 4. The van der Waals surface area contributed by atoms with Crippen LogP contribution in [0, 0.1) is 10.4 Å². The van der Waals surface area contributed by atoms with Crippen molar-refractivity contribution in [2.45, 2.75) is 169 Å². The number of hydroxylamine groups is 6. The zero-order valence-corrected chi connectivity index (χ0v) is 34.5. The van der Waals surface area contributed by atoms with E-state index in [1.807, 2.05) is 0 Å². The monoisotopic (exact) mass is 719 g/mol. The van der Waals surface area contributed by atoms with Gasteiger partial charge in [0.2, 0.25) is 0 Å². The molecule has 2 N–H and O–H groups in total. The predicted octanol–water partition coefficient (Wildman–Crippen LogP) is 10.7. The summed E-state index contributed by atoms with van der Waals surface area (Å²) < 4.78 is -1.43. The summed E-state index contributed by atoms with van der Waals surface area (Å²) in [5, 5.41) is 36.1. The number of carbonyl (C=O) groups excluding carboxylic acids is 2. The van der Waals surface area contributed by atoms with Gasteiger partial charge < -0.3 is 30.3 Å². The number of carbonyl (C=O) groups is 2. The van der Waals surface area contributed by atoms with Crippen LogP contribution in [0.5, 0.6) is 0 Å². The van der Waals surface area contributed by atoms with Gasteiger partial charge in [-0.2, -0.15) is 0 Å². The van der Waals surface area contributed by atoms with Crippen molar-refractivity contribution in [2.75, 3.05) is 36.8 Å². The van der Waals surface area contributed by atoms with E-state index >= 15 is 0 Å². The molecule has 0 aromatic heterocycles. The Labute approximate surface area is 315 Å². The number of likely N-dealkylation sites (tertiary alicyclic amines) is 2. The van der Waals surface area contributed by atoms with Crippen molar-refractivity contribution in [1.82, 2.24) is 0 Å². The number of hydrogen-bond donors (Lipinski definition) is 2. The summed E-state index contributed by atoms with van der Waals surface area (Å²) in [5.74, 6) is 0.965. The third kappa shape index (κ3) is 9.29. The van der Waals surface area contributed by atoms with Gasteiger partial charge >= 0.3 is 0 Å². The third-order valence-corrected chi connectivity index (χ3v) is 11.9. The van der Waals surface area contributed by atoms with Crippen molar-refractivity contribution in [3.05, 3.63) is 68.1 Å². The molecule has 0 spiro atoms. The molecule has 2 aliphatic rings. The lowest BCUT2D eigenvalue weighted by Crippen LogP contribution is -2.65. The van der Waals surface area contributed by atoms with Crippen molar-refractivity contribution in [3.8, 4) is 0 Å². The molecule has 0 aliphatic carbocycles. The highest BCUT2D eigenvalue weighted by molar-refractivity contribution is 5.96. The van der Waals surface area contributed by atoms with Crippen LogP contribution in [0.2, 0.25) is 0 Å². The topological polar surface area (TPSA) is 104 Å². The van der Waals surface area contributed by atoms with E-state index < -0.39 is 21.4 Å². The lowest BCUT2D eigenvalue weighted by Gasteiger charge is -2.55. The molecule has 4 rings (SSSR count). The normalized spacial score (nSPS) is 24.1. The highest BCUT2D eigenvalue weighted by Gasteiger charge is 2.43. The first-order chi connectivity index (χ1) is 24.3. The Morgan fingerprint density at radius 3 is 1.08 bits per heavy atom. The molecule has 52 heavy (non-hydrogen) atoms. The van der Waals surface area contributed by atoms with Crippen molar-refractivity contribution in [1.29, 1.82) is 0 Å². The average Bonchev–Trinajstić information content (AvgIpc) is 3.07. The molecule has 2 saturated heterocycles. The number of nitrogens with one attached hydrogen (secondary N) is 2. The smallest absolute Gasteiger partial charge is 0.283 e. The number of quaternary nitrogens is 2. The van der Waals surface area contributed by atoms with Crippen LogP contribution in [-0.4, -0.2) is 59.4 Å². The first-order valence-electron chi connectivity index (χ1n) is 20.4. The van der Waals surface area contributed by atoms with Crippen LogP contribution in [0.25, 0.3) is 0 Å². The number of piperidine rings is 2. The standard InChI is InChI=1S/C44H70N4O4/c1-27(2)33-23-35(29(5)6)41(36(24-33)30(7)8)45-43(49)39-17-13-15-19-47(39,51)21-22-48(52)20-16-14-18-40(48)44(50)46-42-37(31(9)10)25-34(28(3)4)26-38(42)32(11)12/h23-32,39-40H,13-22H2,1-12H3,(H,45,49)(H,46,50)/t39-,40-,47?,48?/m0/s1. The molecule has 0 radical (unpaired) electrons. The molecule has 290 valence electrons.